The van der Waals surface area contributed by atoms with Crippen LogP contribution in [0.4, 0.5) is 5.69 Å². The average molecular weight is 317 g/mol. The molecule has 2 atom stereocenters. The van der Waals surface area contributed by atoms with E-state index in [1.807, 2.05) is 42.7 Å². The van der Waals surface area contributed by atoms with Gasteiger partial charge in [-0.05, 0) is 17.7 Å². The highest BCUT2D eigenvalue weighted by molar-refractivity contribution is 5.94. The second-order valence-electron chi connectivity index (χ2n) is 6.30. The Kier molecular flexibility index (Phi) is 3.65. The number of hydrogen-bond donors (Lipinski definition) is 1. The Balaban J connectivity index is 1.74. The molecule has 4 heteroatoms. The molecule has 0 bridgehead atoms. The van der Waals surface area contributed by atoms with Crippen molar-refractivity contribution in [2.75, 3.05) is 18.0 Å². The van der Waals surface area contributed by atoms with Gasteiger partial charge in [-0.3, -0.25) is 9.78 Å². The predicted molar refractivity (Wildman–Crippen MR) is 95.8 cm³/mol. The molecule has 1 aliphatic rings. The Bertz CT molecular complexity index is 873. The molecule has 4 rings (SSSR count). The van der Waals surface area contributed by atoms with E-state index in [-0.39, 0.29) is 17.7 Å². The Morgan fingerprint density at radius 2 is 1.88 bits per heavy atom. The van der Waals surface area contributed by atoms with Gasteiger partial charge in [0.25, 0.3) is 0 Å². The summed E-state index contributed by atoms with van der Waals surface area (Å²) < 4.78 is 0. The van der Waals surface area contributed by atoms with E-state index in [1.165, 1.54) is 5.56 Å². The fourth-order valence-corrected chi connectivity index (χ4v) is 3.71. The summed E-state index contributed by atoms with van der Waals surface area (Å²) in [7, 11) is 0. The largest absolute Gasteiger partial charge is 0.370 e. The summed E-state index contributed by atoms with van der Waals surface area (Å²) >= 11 is 0. The molecule has 1 aliphatic heterocycles. The highest BCUT2D eigenvalue weighted by Crippen LogP contribution is 2.37. The molecule has 1 amide bonds. The lowest BCUT2D eigenvalue weighted by Gasteiger charge is -2.20. The molecule has 2 heterocycles. The fraction of sp³-hybridized carbons (Fsp3) is 0.200. The zero-order valence-corrected chi connectivity index (χ0v) is 13.3. The van der Waals surface area contributed by atoms with Gasteiger partial charge in [0.1, 0.15) is 0 Å². The maximum Gasteiger partial charge on any atom is 0.223 e. The van der Waals surface area contributed by atoms with Crippen LogP contribution in [0, 0.1) is 5.92 Å². The molecule has 0 spiro atoms. The Morgan fingerprint density at radius 1 is 1.04 bits per heavy atom. The number of amides is 1. The first-order valence-electron chi connectivity index (χ1n) is 8.16. The number of primary amides is 1. The summed E-state index contributed by atoms with van der Waals surface area (Å²) in [6.07, 6.45) is 3.68. The van der Waals surface area contributed by atoms with Crippen molar-refractivity contribution in [2.24, 2.45) is 11.7 Å². The highest BCUT2D eigenvalue weighted by atomic mass is 16.1. The lowest BCUT2D eigenvalue weighted by molar-refractivity contribution is -0.121. The number of anilines is 1. The summed E-state index contributed by atoms with van der Waals surface area (Å²) in [4.78, 5) is 18.5. The van der Waals surface area contributed by atoms with Crippen LogP contribution >= 0.6 is 0 Å². The Labute approximate surface area is 140 Å². The lowest BCUT2D eigenvalue weighted by Crippen LogP contribution is -2.29. The smallest absolute Gasteiger partial charge is 0.223 e. The van der Waals surface area contributed by atoms with Crippen LogP contribution in [0.3, 0.4) is 0 Å². The van der Waals surface area contributed by atoms with Gasteiger partial charge in [0, 0.05) is 47.9 Å². The predicted octanol–water partition coefficient (Wildman–Crippen LogP) is 2.94. The summed E-state index contributed by atoms with van der Waals surface area (Å²) in [6, 6.07) is 18.4. The summed E-state index contributed by atoms with van der Waals surface area (Å²) in [5.41, 5.74) is 8.01. The minimum Gasteiger partial charge on any atom is -0.370 e. The molecule has 0 aliphatic carbocycles. The Morgan fingerprint density at radius 3 is 2.67 bits per heavy atom. The third-order valence-electron chi connectivity index (χ3n) is 4.91. The summed E-state index contributed by atoms with van der Waals surface area (Å²) in [6.45, 7) is 1.44. The average Bonchev–Trinajstić information content (AvgIpc) is 3.07. The molecular weight excluding hydrogens is 298 g/mol. The first-order chi connectivity index (χ1) is 11.7. The third kappa shape index (κ3) is 2.50. The molecule has 3 aromatic rings. The summed E-state index contributed by atoms with van der Waals surface area (Å²) in [5, 5.41) is 2.26. The quantitative estimate of drug-likeness (QED) is 0.808. The normalized spacial score (nSPS) is 20.4. The topological polar surface area (TPSA) is 59.2 Å². The van der Waals surface area contributed by atoms with Crippen LogP contribution in [0.1, 0.15) is 11.5 Å². The van der Waals surface area contributed by atoms with Crippen LogP contribution in [-0.2, 0) is 4.79 Å². The number of pyridine rings is 1. The van der Waals surface area contributed by atoms with E-state index >= 15 is 0 Å². The number of carbonyl (C=O) groups is 1. The van der Waals surface area contributed by atoms with E-state index < -0.39 is 0 Å². The Hall–Kier alpha value is -2.88. The number of nitrogens with zero attached hydrogens (tertiary/aromatic N) is 2. The van der Waals surface area contributed by atoms with Gasteiger partial charge in [-0.15, -0.1) is 0 Å². The molecule has 2 aromatic carbocycles. The van der Waals surface area contributed by atoms with Crippen molar-refractivity contribution < 1.29 is 4.79 Å². The molecule has 1 saturated heterocycles. The van der Waals surface area contributed by atoms with Crippen LogP contribution in [-0.4, -0.2) is 24.0 Å². The molecule has 0 saturated carbocycles. The van der Waals surface area contributed by atoms with Crippen LogP contribution in [0.15, 0.2) is 67.0 Å². The molecule has 2 N–H and O–H groups in total. The number of nitrogens with two attached hydrogens (primary N) is 1. The lowest BCUT2D eigenvalue weighted by atomic mass is 9.89. The van der Waals surface area contributed by atoms with E-state index in [0.717, 1.165) is 23.0 Å². The van der Waals surface area contributed by atoms with Crippen molar-refractivity contribution in [3.05, 3.63) is 72.6 Å². The molecule has 4 nitrogen and oxygen atoms in total. The fourth-order valence-electron chi connectivity index (χ4n) is 3.71. The molecule has 0 radical (unpaired) electrons. The number of fused-ring (bicyclic) bond motifs is 1. The second kappa shape index (κ2) is 5.96. The van der Waals surface area contributed by atoms with Crippen molar-refractivity contribution in [3.8, 4) is 0 Å². The van der Waals surface area contributed by atoms with Crippen molar-refractivity contribution in [1.82, 2.24) is 4.98 Å². The minimum atomic E-state index is -0.228. The standard InChI is InChI=1S/C20H19N3O/c21-20(24)18-13-23(12-17(18)14-5-2-1-3-6-14)19-8-4-7-15-11-22-10-9-16(15)19/h1-11,17-18H,12-13H2,(H2,21,24). The van der Waals surface area contributed by atoms with E-state index in [9.17, 15) is 4.79 Å². The van der Waals surface area contributed by atoms with Crippen LogP contribution in [0.25, 0.3) is 10.8 Å². The molecule has 1 fully saturated rings. The van der Waals surface area contributed by atoms with Crippen molar-refractivity contribution in [1.29, 1.82) is 0 Å². The van der Waals surface area contributed by atoms with E-state index in [2.05, 4.69) is 34.1 Å². The molecular formula is C20H19N3O. The zero-order chi connectivity index (χ0) is 16.5. The number of carbonyl (C=O) groups excluding carboxylic acids is 1. The van der Waals surface area contributed by atoms with Gasteiger partial charge in [0.15, 0.2) is 0 Å². The number of hydrogen-bond acceptors (Lipinski definition) is 3. The third-order valence-corrected chi connectivity index (χ3v) is 4.91. The van der Waals surface area contributed by atoms with Gasteiger partial charge >= 0.3 is 0 Å². The molecule has 120 valence electrons. The number of aromatic nitrogens is 1. The van der Waals surface area contributed by atoms with Crippen molar-refractivity contribution in [3.63, 3.8) is 0 Å². The molecule has 2 unspecified atom stereocenters. The second-order valence-corrected chi connectivity index (χ2v) is 6.30. The first kappa shape index (κ1) is 14.7. The van der Waals surface area contributed by atoms with Gasteiger partial charge in [-0.25, -0.2) is 0 Å². The monoisotopic (exact) mass is 317 g/mol. The van der Waals surface area contributed by atoms with Gasteiger partial charge in [-0.1, -0.05) is 42.5 Å². The van der Waals surface area contributed by atoms with E-state index in [0.29, 0.717) is 6.54 Å². The highest BCUT2D eigenvalue weighted by Gasteiger charge is 2.37. The first-order valence-corrected chi connectivity index (χ1v) is 8.16. The van der Waals surface area contributed by atoms with Crippen molar-refractivity contribution >= 4 is 22.4 Å². The van der Waals surface area contributed by atoms with E-state index in [1.54, 1.807) is 0 Å². The minimum absolute atomic E-state index is 0.126. The summed E-state index contributed by atoms with van der Waals surface area (Å²) in [5.74, 6) is -0.279. The van der Waals surface area contributed by atoms with Crippen LogP contribution in [0.2, 0.25) is 0 Å². The SMILES string of the molecule is NC(=O)C1CN(c2cccc3cnccc23)CC1c1ccccc1. The number of benzene rings is 2. The molecule has 24 heavy (non-hydrogen) atoms. The van der Waals surface area contributed by atoms with Gasteiger partial charge in [0.2, 0.25) is 5.91 Å². The zero-order valence-electron chi connectivity index (χ0n) is 13.3. The van der Waals surface area contributed by atoms with Crippen LogP contribution < -0.4 is 10.6 Å². The van der Waals surface area contributed by atoms with Gasteiger partial charge in [0.05, 0.1) is 5.92 Å². The van der Waals surface area contributed by atoms with E-state index in [4.69, 9.17) is 5.73 Å². The van der Waals surface area contributed by atoms with Gasteiger partial charge in [-0.2, -0.15) is 0 Å². The van der Waals surface area contributed by atoms with Gasteiger partial charge < -0.3 is 10.6 Å². The van der Waals surface area contributed by atoms with Crippen LogP contribution in [0.5, 0.6) is 0 Å². The number of rotatable bonds is 3. The maximum atomic E-state index is 12.0. The molecule has 1 aromatic heterocycles. The van der Waals surface area contributed by atoms with Crippen molar-refractivity contribution in [2.45, 2.75) is 5.92 Å². The maximum absolute atomic E-state index is 12.0.